The molecule has 120 valence electrons. The van der Waals surface area contributed by atoms with Crippen LogP contribution in [-0.2, 0) is 7.05 Å². The minimum absolute atomic E-state index is 0.0619. The minimum Gasteiger partial charge on any atom is -0.399 e. The SMILES string of the molecule is CSc1ccc(NC(C)c2nc3c(F)cc(N)cc3n2C)cc1. The molecule has 0 aliphatic carbocycles. The van der Waals surface area contributed by atoms with Crippen molar-refractivity contribution < 1.29 is 4.39 Å². The summed E-state index contributed by atoms with van der Waals surface area (Å²) in [5.41, 5.74) is 8.18. The number of halogens is 1. The van der Waals surface area contributed by atoms with Crippen LogP contribution >= 0.6 is 11.8 Å². The number of rotatable bonds is 4. The van der Waals surface area contributed by atoms with E-state index in [-0.39, 0.29) is 6.04 Å². The predicted octanol–water partition coefficient (Wildman–Crippen LogP) is 4.19. The number of thioether (sulfide) groups is 1. The quantitative estimate of drug-likeness (QED) is 0.556. The van der Waals surface area contributed by atoms with E-state index in [1.807, 2.05) is 36.9 Å². The zero-order valence-electron chi connectivity index (χ0n) is 13.3. The summed E-state index contributed by atoms with van der Waals surface area (Å²) in [5.74, 6) is 0.372. The van der Waals surface area contributed by atoms with Crippen LogP contribution in [0.3, 0.4) is 0 Å². The molecule has 0 spiro atoms. The molecule has 1 heterocycles. The Morgan fingerprint density at radius 3 is 2.61 bits per heavy atom. The Balaban J connectivity index is 1.92. The first-order chi connectivity index (χ1) is 11.0. The molecule has 1 atom stereocenters. The number of nitrogens with zero attached hydrogens (tertiary/aromatic N) is 2. The van der Waals surface area contributed by atoms with Gasteiger partial charge in [-0.1, -0.05) is 0 Å². The molecule has 1 aromatic heterocycles. The number of aryl methyl sites for hydroxylation is 1. The van der Waals surface area contributed by atoms with Crippen LogP contribution in [-0.4, -0.2) is 15.8 Å². The monoisotopic (exact) mass is 330 g/mol. The van der Waals surface area contributed by atoms with Gasteiger partial charge < -0.3 is 15.6 Å². The summed E-state index contributed by atoms with van der Waals surface area (Å²) in [6.07, 6.45) is 2.05. The number of aromatic nitrogens is 2. The Hall–Kier alpha value is -2.21. The second-order valence-electron chi connectivity index (χ2n) is 5.49. The maximum atomic E-state index is 14.0. The fourth-order valence-electron chi connectivity index (χ4n) is 2.67. The highest BCUT2D eigenvalue weighted by Crippen LogP contribution is 2.26. The van der Waals surface area contributed by atoms with Crippen LogP contribution in [0.4, 0.5) is 15.8 Å². The van der Waals surface area contributed by atoms with Crippen LogP contribution in [0.1, 0.15) is 18.8 Å². The number of fused-ring (bicyclic) bond motifs is 1. The van der Waals surface area contributed by atoms with E-state index in [4.69, 9.17) is 5.73 Å². The van der Waals surface area contributed by atoms with Gasteiger partial charge >= 0.3 is 0 Å². The van der Waals surface area contributed by atoms with E-state index in [1.54, 1.807) is 17.8 Å². The Morgan fingerprint density at radius 1 is 1.26 bits per heavy atom. The Kier molecular flexibility index (Phi) is 4.17. The molecule has 0 aliphatic rings. The number of benzene rings is 2. The van der Waals surface area contributed by atoms with Gasteiger partial charge in [-0.3, -0.25) is 0 Å². The maximum absolute atomic E-state index is 14.0. The maximum Gasteiger partial charge on any atom is 0.153 e. The van der Waals surface area contributed by atoms with Crippen molar-refractivity contribution in [1.82, 2.24) is 9.55 Å². The summed E-state index contributed by atoms with van der Waals surface area (Å²) in [7, 11) is 1.87. The largest absolute Gasteiger partial charge is 0.399 e. The van der Waals surface area contributed by atoms with Crippen LogP contribution in [0.2, 0.25) is 0 Å². The molecule has 2 aromatic carbocycles. The van der Waals surface area contributed by atoms with Gasteiger partial charge in [0.25, 0.3) is 0 Å². The molecule has 0 radical (unpaired) electrons. The number of hydrogen-bond donors (Lipinski definition) is 2. The summed E-state index contributed by atoms with van der Waals surface area (Å²) in [4.78, 5) is 5.66. The Morgan fingerprint density at radius 2 is 1.96 bits per heavy atom. The highest BCUT2D eigenvalue weighted by molar-refractivity contribution is 7.98. The molecular formula is C17H19FN4S. The summed E-state index contributed by atoms with van der Waals surface area (Å²) in [5, 5.41) is 3.40. The van der Waals surface area contributed by atoms with Crippen LogP contribution in [0.25, 0.3) is 11.0 Å². The van der Waals surface area contributed by atoms with Gasteiger partial charge in [0.2, 0.25) is 0 Å². The lowest BCUT2D eigenvalue weighted by molar-refractivity contribution is 0.637. The molecule has 23 heavy (non-hydrogen) atoms. The van der Waals surface area contributed by atoms with Gasteiger partial charge in [-0.25, -0.2) is 9.37 Å². The van der Waals surface area contributed by atoms with Gasteiger partial charge in [0.15, 0.2) is 5.82 Å². The van der Waals surface area contributed by atoms with E-state index < -0.39 is 5.82 Å². The van der Waals surface area contributed by atoms with Crippen molar-refractivity contribution in [3.8, 4) is 0 Å². The van der Waals surface area contributed by atoms with E-state index in [2.05, 4.69) is 22.4 Å². The van der Waals surface area contributed by atoms with E-state index >= 15 is 0 Å². The van der Waals surface area contributed by atoms with E-state index in [9.17, 15) is 4.39 Å². The normalized spacial score (nSPS) is 12.5. The van der Waals surface area contributed by atoms with Crippen molar-refractivity contribution in [3.05, 3.63) is 48.0 Å². The first-order valence-electron chi connectivity index (χ1n) is 7.31. The summed E-state index contributed by atoms with van der Waals surface area (Å²) < 4.78 is 15.9. The summed E-state index contributed by atoms with van der Waals surface area (Å²) >= 11 is 1.70. The Labute approximate surface area is 138 Å². The lowest BCUT2D eigenvalue weighted by atomic mass is 10.2. The van der Waals surface area contributed by atoms with Gasteiger partial charge in [0, 0.05) is 23.3 Å². The smallest absolute Gasteiger partial charge is 0.153 e. The average molecular weight is 330 g/mol. The molecule has 3 rings (SSSR count). The fourth-order valence-corrected chi connectivity index (χ4v) is 3.08. The number of hydrogen-bond acceptors (Lipinski definition) is 4. The van der Waals surface area contributed by atoms with E-state index in [1.165, 1.54) is 11.0 Å². The standard InChI is InChI=1S/C17H19FN4S/c1-10(20-12-4-6-13(23-3)7-5-12)17-21-16-14(18)8-11(19)9-15(16)22(17)2/h4-10,20H,19H2,1-3H3. The average Bonchev–Trinajstić information content (AvgIpc) is 2.86. The van der Waals surface area contributed by atoms with Crippen LogP contribution in [0.15, 0.2) is 41.3 Å². The third kappa shape index (κ3) is 2.99. The highest BCUT2D eigenvalue weighted by atomic mass is 32.2. The van der Waals surface area contributed by atoms with Gasteiger partial charge in [-0.2, -0.15) is 0 Å². The van der Waals surface area contributed by atoms with Gasteiger partial charge in [-0.15, -0.1) is 11.8 Å². The molecule has 0 aliphatic heterocycles. The minimum atomic E-state index is -0.390. The van der Waals surface area contributed by atoms with Gasteiger partial charge in [0.1, 0.15) is 11.3 Å². The number of anilines is 2. The van der Waals surface area contributed by atoms with Crippen molar-refractivity contribution in [2.24, 2.45) is 7.05 Å². The molecular weight excluding hydrogens is 311 g/mol. The molecule has 3 N–H and O–H groups in total. The van der Waals surface area contributed by atoms with Crippen molar-refractivity contribution in [1.29, 1.82) is 0 Å². The predicted molar refractivity (Wildman–Crippen MR) is 95.3 cm³/mol. The lowest BCUT2D eigenvalue weighted by Gasteiger charge is -2.15. The first-order valence-corrected chi connectivity index (χ1v) is 8.54. The Bertz CT molecular complexity index is 842. The molecule has 0 amide bonds. The second-order valence-corrected chi connectivity index (χ2v) is 6.37. The molecule has 0 fully saturated rings. The third-order valence-corrected chi connectivity index (χ3v) is 4.60. The van der Waals surface area contributed by atoms with Gasteiger partial charge in [0.05, 0.1) is 11.6 Å². The van der Waals surface area contributed by atoms with Crippen molar-refractivity contribution >= 4 is 34.2 Å². The molecule has 6 heteroatoms. The second kappa shape index (κ2) is 6.12. The molecule has 0 saturated heterocycles. The van der Waals surface area contributed by atoms with Crippen molar-refractivity contribution in [2.75, 3.05) is 17.3 Å². The van der Waals surface area contributed by atoms with Crippen molar-refractivity contribution in [2.45, 2.75) is 17.9 Å². The molecule has 3 aromatic rings. The van der Waals surface area contributed by atoms with Crippen LogP contribution in [0.5, 0.6) is 0 Å². The van der Waals surface area contributed by atoms with E-state index in [0.717, 1.165) is 11.5 Å². The molecule has 0 saturated carbocycles. The van der Waals surface area contributed by atoms with Gasteiger partial charge in [-0.05, 0) is 49.6 Å². The number of nitrogens with one attached hydrogen (secondary N) is 1. The highest BCUT2D eigenvalue weighted by Gasteiger charge is 2.17. The fraction of sp³-hybridized carbons (Fsp3) is 0.235. The topological polar surface area (TPSA) is 55.9 Å². The number of nitrogen functional groups attached to an aromatic ring is 1. The zero-order valence-corrected chi connectivity index (χ0v) is 14.1. The van der Waals surface area contributed by atoms with E-state index in [0.29, 0.717) is 16.7 Å². The first kappa shape index (κ1) is 15.7. The third-order valence-electron chi connectivity index (χ3n) is 3.86. The summed E-state index contributed by atoms with van der Waals surface area (Å²) in [6.45, 7) is 2.00. The zero-order chi connectivity index (χ0) is 16.6. The number of imidazole rings is 1. The van der Waals surface area contributed by atoms with Crippen LogP contribution < -0.4 is 11.1 Å². The number of nitrogens with two attached hydrogens (primary N) is 1. The van der Waals surface area contributed by atoms with Crippen LogP contribution in [0, 0.1) is 5.82 Å². The molecule has 1 unspecified atom stereocenters. The van der Waals surface area contributed by atoms with Crippen molar-refractivity contribution in [3.63, 3.8) is 0 Å². The molecule has 0 bridgehead atoms. The molecule has 4 nitrogen and oxygen atoms in total. The lowest BCUT2D eigenvalue weighted by Crippen LogP contribution is -2.12. The summed E-state index contributed by atoms with van der Waals surface area (Å²) in [6, 6.07) is 11.2.